The molecular formula is C30H25IrN3O2-2. The molecule has 0 saturated heterocycles. The Bertz CT molecular complexity index is 1220. The number of hydrogen-bond acceptors (Lipinski definition) is 4. The molecular weight excluding hydrogens is 627 g/mol. The van der Waals surface area contributed by atoms with Crippen molar-refractivity contribution in [3.05, 3.63) is 139 Å². The molecule has 2 aromatic carbocycles. The monoisotopic (exact) mass is 652 g/mol. The molecule has 0 unspecified atom stereocenters. The Kier molecular flexibility index (Phi) is 11.8. The third-order valence-corrected chi connectivity index (χ3v) is 4.70. The summed E-state index contributed by atoms with van der Waals surface area (Å²) in [6.07, 6.45) is 5.04. The van der Waals surface area contributed by atoms with Gasteiger partial charge in [-0.05, 0) is 35.7 Å². The van der Waals surface area contributed by atoms with E-state index in [0.717, 1.165) is 22.5 Å². The number of pyridine rings is 3. The van der Waals surface area contributed by atoms with Crippen LogP contribution in [0.1, 0.15) is 21.6 Å². The van der Waals surface area contributed by atoms with Gasteiger partial charge in [0.1, 0.15) is 5.69 Å². The van der Waals surface area contributed by atoms with E-state index in [-0.39, 0.29) is 25.8 Å². The fraction of sp³-hybridized carbons (Fsp3) is 0.0667. The molecule has 5 aromatic rings. The predicted octanol–water partition coefficient (Wildman–Crippen LogP) is 6.49. The first-order valence-corrected chi connectivity index (χ1v) is 11.0. The summed E-state index contributed by atoms with van der Waals surface area (Å²) >= 11 is 0. The fourth-order valence-electron chi connectivity index (χ4n) is 2.86. The molecule has 3 aromatic heterocycles. The van der Waals surface area contributed by atoms with Crippen LogP contribution in [-0.2, 0) is 20.1 Å². The van der Waals surface area contributed by atoms with E-state index in [1.807, 2.05) is 60.7 Å². The van der Waals surface area contributed by atoms with Crippen molar-refractivity contribution >= 4 is 5.97 Å². The number of hydrogen-bond donors (Lipinski definition) is 1. The van der Waals surface area contributed by atoms with Crippen LogP contribution in [0.25, 0.3) is 22.5 Å². The van der Waals surface area contributed by atoms with Crippen molar-refractivity contribution in [2.75, 3.05) is 0 Å². The molecule has 0 aliphatic heterocycles. The van der Waals surface area contributed by atoms with Crippen LogP contribution in [0.2, 0.25) is 0 Å². The average molecular weight is 652 g/mol. The smallest absolute Gasteiger partial charge is 0.354 e. The van der Waals surface area contributed by atoms with Crippen LogP contribution < -0.4 is 0 Å². The van der Waals surface area contributed by atoms with Gasteiger partial charge in [-0.1, -0.05) is 44.2 Å². The van der Waals surface area contributed by atoms with Gasteiger partial charge >= 0.3 is 5.97 Å². The van der Waals surface area contributed by atoms with E-state index in [1.54, 1.807) is 24.5 Å². The van der Waals surface area contributed by atoms with Crippen molar-refractivity contribution in [3.63, 3.8) is 0 Å². The van der Waals surface area contributed by atoms with Gasteiger partial charge in [0.05, 0.1) is 0 Å². The summed E-state index contributed by atoms with van der Waals surface area (Å²) in [5, 5.41) is 8.32. The summed E-state index contributed by atoms with van der Waals surface area (Å²) in [5.74, 6) is -0.990. The van der Waals surface area contributed by atoms with Crippen molar-refractivity contribution in [3.8, 4) is 22.5 Å². The van der Waals surface area contributed by atoms with Crippen molar-refractivity contribution in [2.45, 2.75) is 13.8 Å². The summed E-state index contributed by atoms with van der Waals surface area (Å²) in [5.41, 5.74) is 6.57. The van der Waals surface area contributed by atoms with E-state index in [2.05, 4.69) is 53.1 Å². The molecule has 5 rings (SSSR count). The molecule has 36 heavy (non-hydrogen) atoms. The second kappa shape index (κ2) is 15.1. The van der Waals surface area contributed by atoms with Gasteiger partial charge in [-0.25, -0.2) is 9.78 Å². The van der Waals surface area contributed by atoms with Gasteiger partial charge in [-0.2, -0.15) is 0 Å². The molecule has 0 aliphatic carbocycles. The van der Waals surface area contributed by atoms with E-state index in [9.17, 15) is 4.79 Å². The van der Waals surface area contributed by atoms with Crippen LogP contribution in [0.5, 0.6) is 0 Å². The van der Waals surface area contributed by atoms with Crippen LogP contribution in [0.4, 0.5) is 0 Å². The maximum absolute atomic E-state index is 10.1. The molecule has 0 saturated carbocycles. The van der Waals surface area contributed by atoms with E-state index in [0.29, 0.717) is 0 Å². The van der Waals surface area contributed by atoms with Gasteiger partial charge < -0.3 is 15.1 Å². The maximum Gasteiger partial charge on any atom is 0.354 e. The first-order valence-electron chi connectivity index (χ1n) is 11.0. The molecule has 5 nitrogen and oxygen atoms in total. The normalized spacial score (nSPS) is 9.39. The number of aromatic nitrogens is 3. The number of aromatic carboxylic acids is 1. The van der Waals surface area contributed by atoms with Gasteiger partial charge in [-0.15, -0.1) is 70.8 Å². The molecule has 6 heteroatoms. The number of carboxylic acid groups (broad SMARTS) is 1. The first-order chi connectivity index (χ1) is 17.0. The van der Waals surface area contributed by atoms with E-state index in [1.165, 1.54) is 23.4 Å². The SMILES string of the molecule is Cc1c[c-]c(-c2ccccn2)cc1.Cc1c[c-]c(-c2ccccn2)cc1.O=C(O)c1ccccn1.[Ir]. The molecule has 0 spiro atoms. The minimum absolute atomic E-state index is 0. The van der Waals surface area contributed by atoms with Gasteiger partial charge in [0.25, 0.3) is 0 Å². The van der Waals surface area contributed by atoms with E-state index < -0.39 is 5.97 Å². The second-order valence-electron chi connectivity index (χ2n) is 7.51. The van der Waals surface area contributed by atoms with Crippen LogP contribution in [0.3, 0.4) is 0 Å². The topological polar surface area (TPSA) is 76.0 Å². The Hall–Kier alpha value is -3.99. The fourth-order valence-corrected chi connectivity index (χ4v) is 2.86. The van der Waals surface area contributed by atoms with Crippen molar-refractivity contribution < 1.29 is 30.0 Å². The third kappa shape index (κ3) is 9.34. The van der Waals surface area contributed by atoms with E-state index >= 15 is 0 Å². The molecule has 1 radical (unpaired) electrons. The minimum atomic E-state index is -0.990. The predicted molar refractivity (Wildman–Crippen MR) is 138 cm³/mol. The molecule has 183 valence electrons. The van der Waals surface area contributed by atoms with Gasteiger partial charge in [0.2, 0.25) is 0 Å². The maximum atomic E-state index is 10.1. The number of carboxylic acids is 1. The number of rotatable bonds is 3. The zero-order valence-electron chi connectivity index (χ0n) is 19.9. The van der Waals surface area contributed by atoms with Crippen LogP contribution in [0.15, 0.2) is 110 Å². The number of benzene rings is 2. The van der Waals surface area contributed by atoms with Gasteiger partial charge in [0, 0.05) is 38.7 Å². The van der Waals surface area contributed by atoms with Crippen LogP contribution in [-0.4, -0.2) is 26.0 Å². The Labute approximate surface area is 225 Å². The zero-order valence-corrected chi connectivity index (χ0v) is 22.3. The summed E-state index contributed by atoms with van der Waals surface area (Å²) in [6, 6.07) is 35.1. The van der Waals surface area contributed by atoms with E-state index in [4.69, 9.17) is 5.11 Å². The standard InChI is InChI=1S/2C12H10N.C6H5NO2.Ir/c2*1-10-5-7-11(8-6-10)12-4-2-3-9-13-12;8-6(9)5-3-1-2-4-7-5;/h2*2-7,9H,1H3;1-4H,(H,8,9);/q2*-1;;. The molecule has 0 bridgehead atoms. The molecule has 3 heterocycles. The number of carbonyl (C=O) groups is 1. The largest absolute Gasteiger partial charge is 0.477 e. The van der Waals surface area contributed by atoms with Crippen molar-refractivity contribution in [1.29, 1.82) is 0 Å². The Balaban J connectivity index is 0.000000191. The molecule has 0 atom stereocenters. The second-order valence-corrected chi connectivity index (χ2v) is 7.51. The van der Waals surface area contributed by atoms with Gasteiger partial charge in [-0.3, -0.25) is 0 Å². The summed E-state index contributed by atoms with van der Waals surface area (Å²) < 4.78 is 0. The quantitative estimate of drug-likeness (QED) is 0.226. The number of nitrogens with zero attached hydrogens (tertiary/aromatic N) is 3. The van der Waals surface area contributed by atoms with Crippen molar-refractivity contribution in [2.24, 2.45) is 0 Å². The first kappa shape index (κ1) is 28.2. The molecule has 0 aliphatic rings. The average Bonchev–Trinajstić information content (AvgIpc) is 2.92. The Morgan fingerprint density at radius 1 is 0.639 bits per heavy atom. The third-order valence-electron chi connectivity index (χ3n) is 4.70. The molecule has 0 amide bonds. The number of aryl methyl sites for hydroxylation is 2. The van der Waals surface area contributed by atoms with Crippen LogP contribution >= 0.6 is 0 Å². The van der Waals surface area contributed by atoms with Gasteiger partial charge in [0.15, 0.2) is 0 Å². The minimum Gasteiger partial charge on any atom is -0.477 e. The summed E-state index contributed by atoms with van der Waals surface area (Å²) in [4.78, 5) is 22.2. The summed E-state index contributed by atoms with van der Waals surface area (Å²) in [7, 11) is 0. The molecule has 0 fully saturated rings. The van der Waals surface area contributed by atoms with Crippen molar-refractivity contribution in [1.82, 2.24) is 15.0 Å². The molecule has 1 N–H and O–H groups in total. The van der Waals surface area contributed by atoms with Crippen LogP contribution in [0, 0.1) is 26.0 Å². The summed E-state index contributed by atoms with van der Waals surface area (Å²) in [6.45, 7) is 4.11. The Morgan fingerprint density at radius 2 is 1.08 bits per heavy atom. The Morgan fingerprint density at radius 3 is 1.36 bits per heavy atom. The zero-order chi connectivity index (χ0) is 24.9.